The molecule has 0 bridgehead atoms. The number of aliphatic hydroxyl groups is 4. The molecule has 0 unspecified atom stereocenters. The van der Waals surface area contributed by atoms with Crippen LogP contribution in [0.15, 0.2) is 34.9 Å². The molecule has 0 aromatic carbocycles. The molecule has 0 aromatic heterocycles. The molecule has 6 atom stereocenters. The third-order valence-corrected chi connectivity index (χ3v) is 8.24. The highest BCUT2D eigenvalue weighted by Gasteiger charge is 2.51. The summed E-state index contributed by atoms with van der Waals surface area (Å²) in [6.45, 7) is 8.72. The zero-order chi connectivity index (χ0) is 23.5. The Morgan fingerprint density at radius 2 is 1.84 bits per heavy atom. The first-order chi connectivity index (χ1) is 15.0. The first-order valence-corrected chi connectivity index (χ1v) is 12.4. The predicted octanol–water partition coefficient (Wildman–Crippen LogP) is 4.06. The molecule has 0 saturated heterocycles. The Morgan fingerprint density at radius 3 is 2.47 bits per heavy atom. The number of fused-ring (bicyclic) bond motifs is 1. The fourth-order valence-corrected chi connectivity index (χ4v) is 6.44. The minimum absolute atomic E-state index is 0.159. The topological polar surface area (TPSA) is 90.2 Å². The van der Waals surface area contributed by atoms with Crippen LogP contribution in [0.5, 0.6) is 0 Å². The minimum Gasteiger partial charge on any atom is -0.392 e. The van der Waals surface area contributed by atoms with Gasteiger partial charge in [-0.15, -0.1) is 0 Å². The maximum atomic E-state index is 10.4. The van der Waals surface area contributed by atoms with E-state index >= 15 is 0 Å². The lowest BCUT2D eigenvalue weighted by molar-refractivity contribution is -0.0454. The van der Waals surface area contributed by atoms with Crippen molar-refractivity contribution in [2.45, 2.75) is 103 Å². The zero-order valence-electron chi connectivity index (χ0n) is 20.4. The van der Waals surface area contributed by atoms with Crippen molar-refractivity contribution in [3.8, 4) is 0 Å². The summed E-state index contributed by atoms with van der Waals surface area (Å²) in [6.07, 6.45) is 12.2. The fraction of sp³-hybridized carbons (Fsp3) is 0.778. The number of allylic oxidation sites excluding steroid dienone is 3. The van der Waals surface area contributed by atoms with Crippen LogP contribution in [-0.2, 0) is 4.74 Å². The quantitative estimate of drug-likeness (QED) is 0.441. The maximum Gasteiger partial charge on any atom is 0.0813 e. The number of ether oxygens (including phenoxy) is 1. The molecule has 3 saturated carbocycles. The molecule has 0 amide bonds. The molecule has 5 nitrogen and oxygen atoms in total. The molecule has 182 valence electrons. The summed E-state index contributed by atoms with van der Waals surface area (Å²) >= 11 is 0. The molecule has 0 radical (unpaired) electrons. The van der Waals surface area contributed by atoms with Crippen molar-refractivity contribution in [1.82, 2.24) is 0 Å². The van der Waals surface area contributed by atoms with Crippen LogP contribution < -0.4 is 0 Å². The molecule has 0 heterocycles. The molecule has 0 aliphatic heterocycles. The van der Waals surface area contributed by atoms with E-state index in [1.807, 2.05) is 13.8 Å². The second-order valence-electron chi connectivity index (χ2n) is 11.1. The van der Waals surface area contributed by atoms with Gasteiger partial charge in [0.2, 0.25) is 0 Å². The van der Waals surface area contributed by atoms with Crippen molar-refractivity contribution in [1.29, 1.82) is 0 Å². The third kappa shape index (κ3) is 5.92. The normalized spacial score (nSPS) is 35.7. The van der Waals surface area contributed by atoms with Gasteiger partial charge in [0.1, 0.15) is 0 Å². The molecule has 0 spiro atoms. The summed E-state index contributed by atoms with van der Waals surface area (Å²) in [4.78, 5) is 0. The molecule has 3 rings (SSSR count). The van der Waals surface area contributed by atoms with E-state index in [0.29, 0.717) is 43.3 Å². The van der Waals surface area contributed by atoms with E-state index < -0.39 is 17.8 Å². The largest absolute Gasteiger partial charge is 0.392 e. The van der Waals surface area contributed by atoms with Gasteiger partial charge in [0.15, 0.2) is 0 Å². The number of hydrogen-bond donors (Lipinski definition) is 4. The Labute approximate surface area is 193 Å². The highest BCUT2D eigenvalue weighted by Crippen LogP contribution is 2.58. The van der Waals surface area contributed by atoms with Crippen LogP contribution in [0.25, 0.3) is 0 Å². The van der Waals surface area contributed by atoms with E-state index in [1.54, 1.807) is 0 Å². The van der Waals surface area contributed by atoms with Crippen LogP contribution in [0.1, 0.15) is 79.1 Å². The van der Waals surface area contributed by atoms with Gasteiger partial charge in [-0.3, -0.25) is 0 Å². The molecular formula is C27H44O5. The molecular weight excluding hydrogens is 404 g/mol. The summed E-state index contributed by atoms with van der Waals surface area (Å²) in [5, 5.41) is 39.8. The number of hydrogen-bond acceptors (Lipinski definition) is 5. The van der Waals surface area contributed by atoms with Crippen molar-refractivity contribution in [3.05, 3.63) is 34.9 Å². The highest BCUT2D eigenvalue weighted by atomic mass is 16.5. The van der Waals surface area contributed by atoms with E-state index in [9.17, 15) is 15.3 Å². The lowest BCUT2D eigenvalue weighted by Crippen LogP contribution is -2.39. The summed E-state index contributed by atoms with van der Waals surface area (Å²) in [7, 11) is 0. The molecule has 5 heteroatoms. The molecule has 32 heavy (non-hydrogen) atoms. The second kappa shape index (κ2) is 10.5. The third-order valence-electron chi connectivity index (χ3n) is 8.24. The monoisotopic (exact) mass is 448 g/mol. The Hall–Kier alpha value is -0.980. The van der Waals surface area contributed by atoms with E-state index in [4.69, 9.17) is 9.84 Å². The van der Waals surface area contributed by atoms with Crippen molar-refractivity contribution in [2.75, 3.05) is 13.2 Å². The minimum atomic E-state index is -0.718. The average molecular weight is 449 g/mol. The number of rotatable bonds is 7. The first-order valence-electron chi connectivity index (χ1n) is 12.4. The van der Waals surface area contributed by atoms with Crippen molar-refractivity contribution in [3.63, 3.8) is 0 Å². The van der Waals surface area contributed by atoms with Gasteiger partial charge >= 0.3 is 0 Å². The van der Waals surface area contributed by atoms with Gasteiger partial charge < -0.3 is 25.2 Å². The number of aliphatic hydroxyl groups excluding tert-OH is 3. The van der Waals surface area contributed by atoms with Gasteiger partial charge in [0.25, 0.3) is 0 Å². The highest BCUT2D eigenvalue weighted by molar-refractivity contribution is 5.30. The van der Waals surface area contributed by atoms with Crippen molar-refractivity contribution in [2.24, 2.45) is 17.3 Å². The maximum absolute atomic E-state index is 10.4. The Morgan fingerprint density at radius 1 is 1.16 bits per heavy atom. The molecule has 4 N–H and O–H groups in total. The summed E-state index contributed by atoms with van der Waals surface area (Å²) in [5.74, 6) is 1.08. The summed E-state index contributed by atoms with van der Waals surface area (Å²) in [5.41, 5.74) is 2.65. The lowest BCUT2D eigenvalue weighted by Gasteiger charge is -2.44. The van der Waals surface area contributed by atoms with Crippen molar-refractivity contribution < 1.29 is 25.2 Å². The van der Waals surface area contributed by atoms with E-state index in [2.05, 4.69) is 26.0 Å². The second-order valence-corrected chi connectivity index (χ2v) is 11.1. The Bertz CT molecular complexity index is 715. The van der Waals surface area contributed by atoms with Crippen molar-refractivity contribution >= 4 is 0 Å². The van der Waals surface area contributed by atoms with Gasteiger partial charge in [-0.05, 0) is 95.0 Å². The Kier molecular flexibility index (Phi) is 8.43. The van der Waals surface area contributed by atoms with Crippen LogP contribution in [0.2, 0.25) is 0 Å². The van der Waals surface area contributed by atoms with Crippen LogP contribution in [-0.4, -0.2) is 57.6 Å². The van der Waals surface area contributed by atoms with E-state index in [0.717, 1.165) is 12.0 Å². The van der Waals surface area contributed by atoms with Gasteiger partial charge in [-0.25, -0.2) is 0 Å². The molecule has 3 aliphatic carbocycles. The summed E-state index contributed by atoms with van der Waals surface area (Å²) < 4.78 is 6.19. The smallest absolute Gasteiger partial charge is 0.0813 e. The predicted molar refractivity (Wildman–Crippen MR) is 127 cm³/mol. The van der Waals surface area contributed by atoms with Gasteiger partial charge in [0.05, 0.1) is 30.5 Å². The molecule has 3 fully saturated rings. The van der Waals surface area contributed by atoms with Crippen LogP contribution >= 0.6 is 0 Å². The van der Waals surface area contributed by atoms with Crippen LogP contribution in [0, 0.1) is 17.3 Å². The Balaban J connectivity index is 1.67. The lowest BCUT2D eigenvalue weighted by atomic mass is 9.62. The molecule has 3 aliphatic rings. The molecule has 0 aromatic rings. The first kappa shape index (κ1) is 25.6. The van der Waals surface area contributed by atoms with E-state index in [1.165, 1.54) is 37.3 Å². The van der Waals surface area contributed by atoms with Gasteiger partial charge in [-0.2, -0.15) is 0 Å². The zero-order valence-corrected chi connectivity index (χ0v) is 20.4. The van der Waals surface area contributed by atoms with Gasteiger partial charge in [-0.1, -0.05) is 36.3 Å². The van der Waals surface area contributed by atoms with Gasteiger partial charge in [0, 0.05) is 6.61 Å². The van der Waals surface area contributed by atoms with E-state index in [-0.39, 0.29) is 18.1 Å². The van der Waals surface area contributed by atoms with Crippen LogP contribution in [0.4, 0.5) is 0 Å². The SMILES string of the molecule is C[C@@H](OCCC(C)(C)O)[C@H]1CC[C@H]2/C(=C\C=C3C[C@@H](O)C(=CCO)[C@H](O)C3)CCC[C@]12C. The summed E-state index contributed by atoms with van der Waals surface area (Å²) in [6, 6.07) is 0. The average Bonchev–Trinajstić information content (AvgIpc) is 3.05. The fourth-order valence-electron chi connectivity index (χ4n) is 6.44. The van der Waals surface area contributed by atoms with Crippen LogP contribution in [0.3, 0.4) is 0 Å². The standard InChI is InChI=1S/C27H44O5/c1-18(32-15-13-26(2,3)31)22-9-10-23-20(6-5-12-27(22,23)4)8-7-19-16-24(29)21(11-14-28)25(30)17-19/h7-8,11,18,22-25,28-31H,5-6,9-10,12-17H2,1-4H3/b19-7?,20-8-,21-11?/t18-,22-,23+,24-,25-,27-/m1/s1.